The van der Waals surface area contributed by atoms with Crippen molar-refractivity contribution >= 4 is 33.1 Å². The molecule has 1 aliphatic carbocycles. The number of thiazole rings is 1. The van der Waals surface area contributed by atoms with E-state index in [9.17, 15) is 13.2 Å². The maximum atomic E-state index is 12.1. The molecule has 0 aromatic carbocycles. The topological polar surface area (TPSA) is 79.0 Å². The first-order valence-electron chi connectivity index (χ1n) is 5.63. The molecule has 1 aliphatic rings. The van der Waals surface area contributed by atoms with Crippen LogP contribution in [0.15, 0.2) is 9.00 Å². The van der Waals surface area contributed by atoms with Crippen LogP contribution in [-0.2, 0) is 10.0 Å². The summed E-state index contributed by atoms with van der Waals surface area (Å²) < 4.78 is 27.0. The summed E-state index contributed by atoms with van der Waals surface area (Å²) in [7, 11) is -3.57. The van der Waals surface area contributed by atoms with Crippen molar-refractivity contribution in [3.05, 3.63) is 15.4 Å². The zero-order valence-electron chi connectivity index (χ0n) is 10.3. The third-order valence-corrected chi connectivity index (χ3v) is 7.73. The molecule has 2 rings (SSSR count). The van der Waals surface area contributed by atoms with Gasteiger partial charge in [-0.3, -0.25) is 4.79 Å². The molecule has 0 saturated heterocycles. The second-order valence-corrected chi connectivity index (χ2v) is 8.71. The van der Waals surface area contributed by atoms with Gasteiger partial charge in [0.2, 0.25) is 0 Å². The van der Waals surface area contributed by atoms with Crippen LogP contribution in [0.4, 0.5) is 0 Å². The summed E-state index contributed by atoms with van der Waals surface area (Å²) in [5.41, 5.74) is 0.407. The molecular weight excluding hydrogens is 292 g/mol. The minimum Gasteiger partial charge on any atom is -0.315 e. The quantitative estimate of drug-likeness (QED) is 0.859. The van der Waals surface area contributed by atoms with Crippen LogP contribution in [-0.4, -0.2) is 30.9 Å². The Morgan fingerprint density at radius 3 is 2.56 bits per heavy atom. The molecule has 0 atom stereocenters. The number of hydrogen-bond donors (Lipinski definition) is 2. The van der Waals surface area contributed by atoms with E-state index in [1.165, 1.54) is 0 Å². The molecule has 2 N–H and O–H groups in total. The van der Waals surface area contributed by atoms with E-state index in [4.69, 9.17) is 0 Å². The van der Waals surface area contributed by atoms with Crippen molar-refractivity contribution in [2.75, 3.05) is 12.8 Å². The summed E-state index contributed by atoms with van der Waals surface area (Å²) in [5.74, 6) is 0. The molecular formula is C10H16N2O3S3. The van der Waals surface area contributed by atoms with Gasteiger partial charge in [-0.1, -0.05) is 17.8 Å². The number of nitrogens with one attached hydrogen (secondary N) is 2. The van der Waals surface area contributed by atoms with E-state index in [2.05, 4.69) is 9.71 Å². The van der Waals surface area contributed by atoms with Crippen LogP contribution < -0.4 is 9.60 Å². The number of aryl methyl sites for hydroxylation is 1. The summed E-state index contributed by atoms with van der Waals surface area (Å²) in [6.07, 6.45) is 5.24. The van der Waals surface area contributed by atoms with Crippen molar-refractivity contribution in [1.82, 2.24) is 9.71 Å². The SMILES string of the molecule is CSC1(CNS(=O)(=O)c2sc(=O)[nH]c2C)CCC1. The van der Waals surface area contributed by atoms with Crippen LogP contribution in [0.3, 0.4) is 0 Å². The Labute approximate surface area is 114 Å². The smallest absolute Gasteiger partial charge is 0.305 e. The summed E-state index contributed by atoms with van der Waals surface area (Å²) >= 11 is 2.45. The lowest BCUT2D eigenvalue weighted by atomic mass is 9.84. The first-order valence-corrected chi connectivity index (χ1v) is 9.15. The average molecular weight is 308 g/mol. The van der Waals surface area contributed by atoms with Gasteiger partial charge < -0.3 is 4.98 Å². The van der Waals surface area contributed by atoms with Crippen molar-refractivity contribution in [3.63, 3.8) is 0 Å². The largest absolute Gasteiger partial charge is 0.315 e. The van der Waals surface area contributed by atoms with Crippen LogP contribution >= 0.6 is 23.1 Å². The standard InChI is InChI=1S/C10H16N2O3S3/c1-7-8(17-9(13)12-7)18(14,15)11-6-10(16-2)4-3-5-10/h11H,3-6H2,1-2H3,(H,12,13). The van der Waals surface area contributed by atoms with Crippen molar-refractivity contribution in [3.8, 4) is 0 Å². The zero-order valence-corrected chi connectivity index (χ0v) is 12.7. The molecule has 5 nitrogen and oxygen atoms in total. The van der Waals surface area contributed by atoms with Gasteiger partial charge in [-0.25, -0.2) is 13.1 Å². The monoisotopic (exact) mass is 308 g/mol. The number of rotatable bonds is 5. The van der Waals surface area contributed by atoms with E-state index in [0.717, 1.165) is 30.6 Å². The normalized spacial score (nSPS) is 18.6. The molecule has 1 aromatic heterocycles. The molecule has 0 spiro atoms. The second-order valence-electron chi connectivity index (χ2n) is 4.49. The van der Waals surface area contributed by atoms with Crippen LogP contribution in [0.25, 0.3) is 0 Å². The van der Waals surface area contributed by atoms with Crippen molar-refractivity contribution in [2.24, 2.45) is 0 Å². The molecule has 0 amide bonds. The Hall–Kier alpha value is -0.310. The van der Waals surface area contributed by atoms with Gasteiger partial charge in [-0.2, -0.15) is 11.8 Å². The van der Waals surface area contributed by atoms with E-state index < -0.39 is 10.0 Å². The van der Waals surface area contributed by atoms with E-state index in [1.54, 1.807) is 18.7 Å². The van der Waals surface area contributed by atoms with Gasteiger partial charge in [0.15, 0.2) is 4.21 Å². The fraction of sp³-hybridized carbons (Fsp3) is 0.700. The summed E-state index contributed by atoms with van der Waals surface area (Å²) in [6, 6.07) is 0. The van der Waals surface area contributed by atoms with Crippen molar-refractivity contribution in [1.29, 1.82) is 0 Å². The summed E-state index contributed by atoms with van der Waals surface area (Å²) in [6.45, 7) is 2.03. The van der Waals surface area contributed by atoms with E-state index in [0.29, 0.717) is 12.2 Å². The predicted molar refractivity (Wildman–Crippen MR) is 75.0 cm³/mol. The van der Waals surface area contributed by atoms with Gasteiger partial charge in [-0.05, 0) is 26.0 Å². The number of hydrogen-bond acceptors (Lipinski definition) is 5. The highest BCUT2D eigenvalue weighted by molar-refractivity contribution is 8.00. The fourth-order valence-electron chi connectivity index (χ4n) is 1.96. The summed E-state index contributed by atoms with van der Waals surface area (Å²) in [5, 5.41) is 0. The third kappa shape index (κ3) is 2.66. The fourth-order valence-corrected chi connectivity index (χ4v) is 5.44. The van der Waals surface area contributed by atoms with Gasteiger partial charge in [0.1, 0.15) is 0 Å². The Kier molecular flexibility index (Phi) is 3.91. The van der Waals surface area contributed by atoms with Crippen LogP contribution in [0, 0.1) is 6.92 Å². The molecule has 8 heteroatoms. The van der Waals surface area contributed by atoms with Gasteiger partial charge in [0.05, 0.1) is 0 Å². The number of thioether (sulfide) groups is 1. The molecule has 1 fully saturated rings. The molecule has 18 heavy (non-hydrogen) atoms. The van der Waals surface area contributed by atoms with E-state index in [-0.39, 0.29) is 13.8 Å². The molecule has 1 heterocycles. The number of aromatic nitrogens is 1. The third-order valence-electron chi connectivity index (χ3n) is 3.31. The molecule has 0 bridgehead atoms. The predicted octanol–water partition coefficient (Wildman–Crippen LogP) is 1.31. The van der Waals surface area contributed by atoms with Crippen LogP contribution in [0.1, 0.15) is 25.0 Å². The van der Waals surface area contributed by atoms with Gasteiger partial charge >= 0.3 is 4.87 Å². The lowest BCUT2D eigenvalue weighted by Crippen LogP contribution is -2.45. The van der Waals surface area contributed by atoms with Gasteiger partial charge in [0, 0.05) is 17.0 Å². The Morgan fingerprint density at radius 2 is 2.17 bits per heavy atom. The highest BCUT2D eigenvalue weighted by atomic mass is 32.2. The maximum Gasteiger partial charge on any atom is 0.305 e. The van der Waals surface area contributed by atoms with Gasteiger partial charge in [0.25, 0.3) is 10.0 Å². The van der Waals surface area contributed by atoms with Crippen LogP contribution in [0.2, 0.25) is 0 Å². The molecule has 1 saturated carbocycles. The first kappa shape index (κ1) is 14.1. The Morgan fingerprint density at radius 1 is 1.50 bits per heavy atom. The highest BCUT2D eigenvalue weighted by Crippen LogP contribution is 2.42. The minimum atomic E-state index is -3.57. The minimum absolute atomic E-state index is 0.0439. The molecule has 0 aliphatic heterocycles. The number of aromatic amines is 1. The Balaban J connectivity index is 2.13. The lowest BCUT2D eigenvalue weighted by Gasteiger charge is -2.40. The van der Waals surface area contributed by atoms with E-state index >= 15 is 0 Å². The van der Waals surface area contributed by atoms with E-state index in [1.807, 2.05) is 6.26 Å². The average Bonchev–Trinajstić information content (AvgIpc) is 2.57. The highest BCUT2D eigenvalue weighted by Gasteiger charge is 2.37. The van der Waals surface area contributed by atoms with Crippen molar-refractivity contribution < 1.29 is 8.42 Å². The number of sulfonamides is 1. The molecule has 1 aromatic rings. The van der Waals surface area contributed by atoms with Crippen LogP contribution in [0.5, 0.6) is 0 Å². The first-order chi connectivity index (χ1) is 8.38. The second kappa shape index (κ2) is 4.99. The zero-order chi connectivity index (χ0) is 13.4. The van der Waals surface area contributed by atoms with Gasteiger partial charge in [-0.15, -0.1) is 0 Å². The maximum absolute atomic E-state index is 12.1. The summed E-state index contributed by atoms with van der Waals surface area (Å²) in [4.78, 5) is 13.3. The molecule has 102 valence electrons. The lowest BCUT2D eigenvalue weighted by molar-refractivity contribution is 0.362. The molecule has 0 unspecified atom stereocenters. The number of H-pyrrole nitrogens is 1. The molecule has 0 radical (unpaired) electrons. The Bertz CT molecular complexity index is 578. The van der Waals surface area contributed by atoms with Crippen molar-refractivity contribution in [2.45, 2.75) is 35.1 Å².